The third kappa shape index (κ3) is 2.51. The first kappa shape index (κ1) is 13.3. The Morgan fingerprint density at radius 1 is 1.42 bits per heavy atom. The van der Waals surface area contributed by atoms with Gasteiger partial charge in [-0.3, -0.25) is 9.48 Å². The van der Waals surface area contributed by atoms with Crippen LogP contribution in [0.3, 0.4) is 0 Å². The predicted octanol–water partition coefficient (Wildman–Crippen LogP) is 1.79. The molecular weight excluding hydrogens is 242 g/mol. The summed E-state index contributed by atoms with van der Waals surface area (Å²) in [7, 11) is 1.52. The molecule has 5 nitrogen and oxygen atoms in total. The van der Waals surface area contributed by atoms with Crippen LogP contribution in [0.5, 0.6) is 5.75 Å². The van der Waals surface area contributed by atoms with Crippen LogP contribution in [0, 0.1) is 0 Å². The molecule has 19 heavy (non-hydrogen) atoms. The molecule has 1 atom stereocenters. The predicted molar refractivity (Wildman–Crippen MR) is 72.2 cm³/mol. The molecule has 5 heteroatoms. The summed E-state index contributed by atoms with van der Waals surface area (Å²) in [6, 6.07) is 8.56. The molecule has 0 saturated heterocycles. The summed E-state index contributed by atoms with van der Waals surface area (Å²) in [5.41, 5.74) is 7.22. The van der Waals surface area contributed by atoms with Gasteiger partial charge in [0.1, 0.15) is 5.69 Å². The number of Topliss-reactive ketones (excluding diaryl/α,β-unsaturated/α-hetero) is 1. The number of nitrogens with zero attached hydrogens (tertiary/aromatic N) is 2. The van der Waals surface area contributed by atoms with Gasteiger partial charge >= 0.3 is 0 Å². The van der Waals surface area contributed by atoms with E-state index in [0.717, 1.165) is 5.56 Å². The van der Waals surface area contributed by atoms with Gasteiger partial charge in [-0.2, -0.15) is 5.10 Å². The van der Waals surface area contributed by atoms with Gasteiger partial charge in [-0.1, -0.05) is 30.3 Å². The van der Waals surface area contributed by atoms with Crippen molar-refractivity contribution in [1.82, 2.24) is 9.78 Å². The molecule has 0 radical (unpaired) electrons. The lowest BCUT2D eigenvalue weighted by atomic mass is 10.0. The van der Waals surface area contributed by atoms with Gasteiger partial charge in [-0.15, -0.1) is 0 Å². The number of aromatic nitrogens is 2. The van der Waals surface area contributed by atoms with E-state index in [-0.39, 0.29) is 5.78 Å². The van der Waals surface area contributed by atoms with Gasteiger partial charge in [0.05, 0.1) is 19.3 Å². The van der Waals surface area contributed by atoms with Crippen molar-refractivity contribution in [2.45, 2.75) is 19.5 Å². The summed E-state index contributed by atoms with van der Waals surface area (Å²) in [5, 5.41) is 4.12. The average molecular weight is 259 g/mol. The maximum Gasteiger partial charge on any atom is 0.205 e. The largest absolute Gasteiger partial charge is 0.493 e. The number of rotatable bonds is 5. The molecule has 0 aliphatic heterocycles. The van der Waals surface area contributed by atoms with Crippen LogP contribution in [0.15, 0.2) is 36.5 Å². The fraction of sp³-hybridized carbons (Fsp3) is 0.286. The first-order valence-corrected chi connectivity index (χ1v) is 6.13. The highest BCUT2D eigenvalue weighted by Gasteiger charge is 2.25. The van der Waals surface area contributed by atoms with E-state index >= 15 is 0 Å². The second kappa shape index (κ2) is 5.67. The topological polar surface area (TPSA) is 70.1 Å². The Kier molecular flexibility index (Phi) is 3.97. The third-order valence-corrected chi connectivity index (χ3v) is 3.00. The smallest absolute Gasteiger partial charge is 0.205 e. The van der Waals surface area contributed by atoms with Gasteiger partial charge < -0.3 is 10.5 Å². The number of ketones is 1. The molecule has 0 aliphatic carbocycles. The lowest BCUT2D eigenvalue weighted by Crippen LogP contribution is -2.24. The first-order valence-electron chi connectivity index (χ1n) is 6.13. The van der Waals surface area contributed by atoms with Crippen LogP contribution in [0.4, 0.5) is 0 Å². The number of hydrogen-bond donors (Lipinski definition) is 1. The Hall–Kier alpha value is -2.14. The van der Waals surface area contributed by atoms with E-state index in [1.165, 1.54) is 13.3 Å². The van der Waals surface area contributed by atoms with Crippen LogP contribution in [0.2, 0.25) is 0 Å². The molecule has 1 heterocycles. The van der Waals surface area contributed by atoms with E-state index in [2.05, 4.69) is 5.10 Å². The zero-order chi connectivity index (χ0) is 13.8. The van der Waals surface area contributed by atoms with Crippen molar-refractivity contribution < 1.29 is 9.53 Å². The summed E-state index contributed by atoms with van der Waals surface area (Å²) >= 11 is 0. The Morgan fingerprint density at radius 3 is 2.68 bits per heavy atom. The molecule has 0 spiro atoms. The molecule has 1 aromatic heterocycles. The fourth-order valence-electron chi connectivity index (χ4n) is 1.97. The minimum atomic E-state index is -0.711. The van der Waals surface area contributed by atoms with E-state index in [1.54, 1.807) is 4.68 Å². The molecule has 2 N–H and O–H groups in total. The van der Waals surface area contributed by atoms with Crippen LogP contribution in [-0.4, -0.2) is 22.7 Å². The van der Waals surface area contributed by atoms with Gasteiger partial charge in [0.25, 0.3) is 0 Å². The normalized spacial score (nSPS) is 12.2. The lowest BCUT2D eigenvalue weighted by molar-refractivity contribution is 0.0947. The Labute approximate surface area is 112 Å². The van der Waals surface area contributed by atoms with E-state index in [9.17, 15) is 4.79 Å². The van der Waals surface area contributed by atoms with E-state index in [1.807, 2.05) is 37.3 Å². The average Bonchev–Trinajstić information content (AvgIpc) is 2.89. The molecule has 1 aromatic carbocycles. The Balaban J connectivity index is 2.36. The van der Waals surface area contributed by atoms with Gasteiger partial charge in [0, 0.05) is 6.54 Å². The van der Waals surface area contributed by atoms with Gasteiger partial charge in [0.2, 0.25) is 5.78 Å². The Morgan fingerprint density at radius 2 is 2.11 bits per heavy atom. The zero-order valence-electron chi connectivity index (χ0n) is 11.0. The molecule has 0 unspecified atom stereocenters. The van der Waals surface area contributed by atoms with Crippen LogP contribution in [0.25, 0.3) is 0 Å². The molecule has 2 aromatic rings. The molecular formula is C14H17N3O2. The number of methoxy groups -OCH3 is 1. The summed E-state index contributed by atoms with van der Waals surface area (Å²) in [5.74, 6) is 0.264. The van der Waals surface area contributed by atoms with Crippen molar-refractivity contribution in [1.29, 1.82) is 0 Å². The SMILES string of the molecule is CCn1ncc(OC)c1C(=O)[C@H](N)c1ccccc1. The van der Waals surface area contributed by atoms with Crippen molar-refractivity contribution in [2.75, 3.05) is 7.11 Å². The standard InChI is InChI=1S/C14H17N3O2/c1-3-17-13(11(19-2)9-16-17)14(18)12(15)10-7-5-4-6-8-10/h4-9,12H,3,15H2,1-2H3/t12-/m1/s1. The number of carbonyl (C=O) groups is 1. The summed E-state index contributed by atoms with van der Waals surface area (Å²) in [6.07, 6.45) is 1.54. The van der Waals surface area contributed by atoms with Crippen LogP contribution in [0.1, 0.15) is 29.0 Å². The molecule has 0 saturated carbocycles. The summed E-state index contributed by atoms with van der Waals surface area (Å²) in [4.78, 5) is 12.5. The van der Waals surface area contributed by atoms with Crippen molar-refractivity contribution in [3.63, 3.8) is 0 Å². The Bertz CT molecular complexity index is 542. The molecule has 2 rings (SSSR count). The number of ether oxygens (including phenoxy) is 1. The maximum atomic E-state index is 12.5. The highest BCUT2D eigenvalue weighted by atomic mass is 16.5. The minimum Gasteiger partial charge on any atom is -0.493 e. The third-order valence-electron chi connectivity index (χ3n) is 3.00. The summed E-state index contributed by atoms with van der Waals surface area (Å²) < 4.78 is 6.78. The number of benzene rings is 1. The monoisotopic (exact) mass is 259 g/mol. The maximum absolute atomic E-state index is 12.5. The lowest BCUT2D eigenvalue weighted by Gasteiger charge is -2.13. The van der Waals surface area contributed by atoms with Crippen molar-refractivity contribution in [3.8, 4) is 5.75 Å². The second-order valence-electron chi connectivity index (χ2n) is 4.13. The zero-order valence-corrected chi connectivity index (χ0v) is 11.0. The van der Waals surface area contributed by atoms with E-state index in [4.69, 9.17) is 10.5 Å². The van der Waals surface area contributed by atoms with Crippen molar-refractivity contribution in [2.24, 2.45) is 5.73 Å². The quantitative estimate of drug-likeness (QED) is 0.831. The van der Waals surface area contributed by atoms with Crippen molar-refractivity contribution in [3.05, 3.63) is 47.8 Å². The van der Waals surface area contributed by atoms with Crippen LogP contribution in [-0.2, 0) is 6.54 Å². The number of carbonyl (C=O) groups excluding carboxylic acids is 1. The molecule has 0 amide bonds. The molecule has 100 valence electrons. The molecule has 0 fully saturated rings. The molecule has 0 bridgehead atoms. The number of nitrogens with two attached hydrogens (primary N) is 1. The fourth-order valence-corrected chi connectivity index (χ4v) is 1.97. The van der Waals surface area contributed by atoms with Gasteiger partial charge in [-0.25, -0.2) is 0 Å². The van der Waals surface area contributed by atoms with Crippen molar-refractivity contribution >= 4 is 5.78 Å². The number of aryl methyl sites for hydroxylation is 1. The van der Waals surface area contributed by atoms with Gasteiger partial charge in [0.15, 0.2) is 5.75 Å². The first-order chi connectivity index (χ1) is 9.19. The number of hydrogen-bond acceptors (Lipinski definition) is 4. The summed E-state index contributed by atoms with van der Waals surface area (Å²) in [6.45, 7) is 2.50. The van der Waals surface area contributed by atoms with Crippen LogP contribution < -0.4 is 10.5 Å². The van der Waals surface area contributed by atoms with Gasteiger partial charge in [-0.05, 0) is 12.5 Å². The van der Waals surface area contributed by atoms with E-state index in [0.29, 0.717) is 18.0 Å². The highest BCUT2D eigenvalue weighted by Crippen LogP contribution is 2.23. The second-order valence-corrected chi connectivity index (χ2v) is 4.13. The minimum absolute atomic E-state index is 0.192. The molecule has 0 aliphatic rings. The highest BCUT2D eigenvalue weighted by molar-refractivity contribution is 6.01. The van der Waals surface area contributed by atoms with E-state index < -0.39 is 6.04 Å². The van der Waals surface area contributed by atoms with Crippen LogP contribution >= 0.6 is 0 Å².